The van der Waals surface area contributed by atoms with E-state index in [1.165, 1.54) is 35.4 Å². The highest BCUT2D eigenvalue weighted by Crippen LogP contribution is 2.19. The summed E-state index contributed by atoms with van der Waals surface area (Å²) in [7, 11) is 0. The lowest BCUT2D eigenvalue weighted by Crippen LogP contribution is -1.80. The van der Waals surface area contributed by atoms with Gasteiger partial charge in [0.2, 0.25) is 0 Å². The smallest absolute Gasteiger partial charge is 0.00484 e. The van der Waals surface area contributed by atoms with Crippen molar-refractivity contribution < 1.29 is 0 Å². The minimum absolute atomic E-state index is 1.11. The fourth-order valence-electron chi connectivity index (χ4n) is 1.17. The molecule has 74 valence electrons. The van der Waals surface area contributed by atoms with Crippen molar-refractivity contribution in [3.8, 4) is 0 Å². The van der Waals surface area contributed by atoms with E-state index in [0.29, 0.717) is 0 Å². The molecule has 0 aliphatic carbocycles. The predicted octanol–water partition coefficient (Wildman–Crippen LogP) is 4.40. The molecule has 0 bridgehead atoms. The molecule has 0 aliphatic heterocycles. The first-order chi connectivity index (χ1) is 6.36. The molecule has 0 unspecified atom stereocenters. The van der Waals surface area contributed by atoms with E-state index in [2.05, 4.69) is 44.0 Å². The number of aryl methyl sites for hydroxylation is 2. The molecule has 0 aromatic carbocycles. The predicted molar refractivity (Wildman–Crippen MR) is 68.5 cm³/mol. The molecule has 0 nitrogen and oxygen atoms in total. The molecular formula is C10H14Br2S. The van der Waals surface area contributed by atoms with Crippen molar-refractivity contribution in [1.29, 1.82) is 0 Å². The maximum absolute atomic E-state index is 3.45. The number of halogens is 2. The van der Waals surface area contributed by atoms with Crippen molar-refractivity contribution >= 4 is 43.2 Å². The van der Waals surface area contributed by atoms with Crippen LogP contribution in [0.15, 0.2) is 12.1 Å². The third-order valence-corrected chi connectivity index (χ3v) is 4.16. The van der Waals surface area contributed by atoms with E-state index in [-0.39, 0.29) is 0 Å². The van der Waals surface area contributed by atoms with E-state index in [0.717, 1.165) is 10.7 Å². The van der Waals surface area contributed by atoms with Crippen molar-refractivity contribution in [2.75, 3.05) is 10.7 Å². The minimum Gasteiger partial charge on any atom is -0.145 e. The summed E-state index contributed by atoms with van der Waals surface area (Å²) in [5.41, 5.74) is 0. The summed E-state index contributed by atoms with van der Waals surface area (Å²) in [5, 5.41) is 2.23. The summed E-state index contributed by atoms with van der Waals surface area (Å²) in [6.07, 6.45) is 4.95. The van der Waals surface area contributed by atoms with Gasteiger partial charge in [0.1, 0.15) is 0 Å². The molecule has 0 fully saturated rings. The summed E-state index contributed by atoms with van der Waals surface area (Å²) < 4.78 is 0. The molecule has 0 saturated heterocycles. The molecule has 1 heterocycles. The fourth-order valence-corrected chi connectivity index (χ4v) is 2.84. The van der Waals surface area contributed by atoms with Gasteiger partial charge in [-0.05, 0) is 37.8 Å². The number of thiophene rings is 1. The van der Waals surface area contributed by atoms with Gasteiger partial charge in [-0.2, -0.15) is 0 Å². The first-order valence-corrected chi connectivity index (χ1v) is 7.62. The monoisotopic (exact) mass is 324 g/mol. The largest absolute Gasteiger partial charge is 0.145 e. The van der Waals surface area contributed by atoms with Crippen LogP contribution in [-0.2, 0) is 12.8 Å². The Morgan fingerprint density at radius 3 is 1.77 bits per heavy atom. The van der Waals surface area contributed by atoms with E-state index in [1.807, 2.05) is 11.3 Å². The van der Waals surface area contributed by atoms with Crippen LogP contribution >= 0.6 is 43.2 Å². The van der Waals surface area contributed by atoms with Crippen LogP contribution in [0.2, 0.25) is 0 Å². The summed E-state index contributed by atoms with van der Waals surface area (Å²) in [6.45, 7) is 0. The topological polar surface area (TPSA) is 0 Å². The van der Waals surface area contributed by atoms with Crippen molar-refractivity contribution in [2.45, 2.75) is 25.7 Å². The van der Waals surface area contributed by atoms with Crippen LogP contribution in [0, 0.1) is 0 Å². The lowest BCUT2D eigenvalue weighted by Gasteiger charge is -1.93. The average Bonchev–Trinajstić information content (AvgIpc) is 2.59. The zero-order valence-corrected chi connectivity index (χ0v) is 11.6. The van der Waals surface area contributed by atoms with Gasteiger partial charge >= 0.3 is 0 Å². The Kier molecular flexibility index (Phi) is 6.33. The third kappa shape index (κ3) is 4.61. The van der Waals surface area contributed by atoms with Gasteiger partial charge in [-0.3, -0.25) is 0 Å². The number of alkyl halides is 2. The molecule has 1 aromatic heterocycles. The highest BCUT2D eigenvalue weighted by molar-refractivity contribution is 9.09. The first kappa shape index (κ1) is 11.7. The average molecular weight is 326 g/mol. The van der Waals surface area contributed by atoms with Gasteiger partial charge in [-0.1, -0.05) is 31.9 Å². The van der Waals surface area contributed by atoms with Crippen LogP contribution in [0.1, 0.15) is 22.6 Å². The van der Waals surface area contributed by atoms with Gasteiger partial charge in [0, 0.05) is 20.4 Å². The molecule has 1 rings (SSSR count). The summed E-state index contributed by atoms with van der Waals surface area (Å²) in [6, 6.07) is 4.55. The third-order valence-electron chi connectivity index (χ3n) is 1.83. The quantitative estimate of drug-likeness (QED) is 0.680. The van der Waals surface area contributed by atoms with E-state index in [1.54, 1.807) is 0 Å². The fraction of sp³-hybridized carbons (Fsp3) is 0.600. The number of hydrogen-bond acceptors (Lipinski definition) is 1. The Bertz CT molecular complexity index is 210. The van der Waals surface area contributed by atoms with Crippen LogP contribution in [0.4, 0.5) is 0 Å². The molecular weight excluding hydrogens is 312 g/mol. The lowest BCUT2D eigenvalue weighted by molar-refractivity contribution is 0.958. The lowest BCUT2D eigenvalue weighted by atomic mass is 10.2. The Balaban J connectivity index is 2.34. The summed E-state index contributed by atoms with van der Waals surface area (Å²) in [4.78, 5) is 3.06. The Labute approximate surface area is 101 Å². The zero-order chi connectivity index (χ0) is 9.52. The highest BCUT2D eigenvalue weighted by Gasteiger charge is 1.99. The summed E-state index contributed by atoms with van der Waals surface area (Å²) >= 11 is 8.88. The number of rotatable bonds is 6. The SMILES string of the molecule is BrCCCc1ccc(CCCBr)s1. The second-order valence-corrected chi connectivity index (χ2v) is 5.79. The molecule has 0 N–H and O–H groups in total. The van der Waals surface area contributed by atoms with Crippen LogP contribution in [0.3, 0.4) is 0 Å². The van der Waals surface area contributed by atoms with Gasteiger partial charge < -0.3 is 0 Å². The normalized spacial score (nSPS) is 10.6. The molecule has 13 heavy (non-hydrogen) atoms. The maximum atomic E-state index is 3.45. The van der Waals surface area contributed by atoms with Crippen molar-refractivity contribution in [1.82, 2.24) is 0 Å². The number of hydrogen-bond donors (Lipinski definition) is 0. The van der Waals surface area contributed by atoms with E-state index in [9.17, 15) is 0 Å². The van der Waals surface area contributed by atoms with Gasteiger partial charge in [-0.25, -0.2) is 0 Å². The van der Waals surface area contributed by atoms with E-state index < -0.39 is 0 Å². The van der Waals surface area contributed by atoms with Gasteiger partial charge in [0.15, 0.2) is 0 Å². The van der Waals surface area contributed by atoms with Crippen LogP contribution in [0.25, 0.3) is 0 Å². The maximum Gasteiger partial charge on any atom is 0.00484 e. The van der Waals surface area contributed by atoms with Gasteiger partial charge in [0.25, 0.3) is 0 Å². The molecule has 0 saturated carbocycles. The molecule has 0 amide bonds. The first-order valence-electron chi connectivity index (χ1n) is 4.56. The summed E-state index contributed by atoms with van der Waals surface area (Å²) in [5.74, 6) is 0. The highest BCUT2D eigenvalue weighted by atomic mass is 79.9. The Hall–Kier alpha value is 0.660. The molecule has 0 aliphatic rings. The van der Waals surface area contributed by atoms with Crippen molar-refractivity contribution in [3.63, 3.8) is 0 Å². The molecule has 3 heteroatoms. The second kappa shape index (κ2) is 7.02. The molecule has 0 atom stereocenters. The zero-order valence-electron chi connectivity index (χ0n) is 7.56. The minimum atomic E-state index is 1.11. The van der Waals surface area contributed by atoms with Crippen LogP contribution in [0.5, 0.6) is 0 Å². The molecule has 0 radical (unpaired) electrons. The Morgan fingerprint density at radius 1 is 0.923 bits per heavy atom. The van der Waals surface area contributed by atoms with Crippen LogP contribution < -0.4 is 0 Å². The van der Waals surface area contributed by atoms with Gasteiger partial charge in [0.05, 0.1) is 0 Å². The van der Waals surface area contributed by atoms with E-state index >= 15 is 0 Å². The Morgan fingerprint density at radius 2 is 1.38 bits per heavy atom. The second-order valence-electron chi connectivity index (χ2n) is 2.95. The molecule has 1 aromatic rings. The van der Waals surface area contributed by atoms with Gasteiger partial charge in [-0.15, -0.1) is 11.3 Å². The van der Waals surface area contributed by atoms with E-state index in [4.69, 9.17) is 0 Å². The van der Waals surface area contributed by atoms with Crippen molar-refractivity contribution in [2.24, 2.45) is 0 Å². The van der Waals surface area contributed by atoms with Crippen LogP contribution in [-0.4, -0.2) is 10.7 Å². The standard InChI is InChI=1S/C10H14Br2S/c11-7-1-3-9-5-6-10(13-9)4-2-8-12/h5-6H,1-4,7-8H2. The van der Waals surface area contributed by atoms with Crippen molar-refractivity contribution in [3.05, 3.63) is 21.9 Å². The molecule has 0 spiro atoms.